The molecule has 0 spiro atoms. The van der Waals surface area contributed by atoms with Gasteiger partial charge < -0.3 is 10.2 Å². The summed E-state index contributed by atoms with van der Waals surface area (Å²) < 4.78 is 1.06. The van der Waals surface area contributed by atoms with Crippen molar-refractivity contribution in [1.82, 2.24) is 0 Å². The second-order valence-electron chi connectivity index (χ2n) is 5.50. The number of aliphatic hydroxyl groups is 1. The van der Waals surface area contributed by atoms with E-state index in [0.717, 1.165) is 9.13 Å². The van der Waals surface area contributed by atoms with Crippen molar-refractivity contribution in [2.75, 3.05) is 6.61 Å². The van der Waals surface area contributed by atoms with Gasteiger partial charge in [0, 0.05) is 15.3 Å². The molecule has 1 aromatic rings. The summed E-state index contributed by atoms with van der Waals surface area (Å²) in [5.74, 6) is 0.254. The number of aromatic hydroxyl groups is 1. The lowest BCUT2D eigenvalue weighted by Gasteiger charge is -2.25. The molecule has 0 saturated carbocycles. The SMILES string of the molecule is Cc1cc(I)cc(C=N[C@@H](CO)C(C)(C)C)c1O. The van der Waals surface area contributed by atoms with Gasteiger partial charge in [0.25, 0.3) is 0 Å². The van der Waals surface area contributed by atoms with E-state index in [9.17, 15) is 10.2 Å². The molecular formula is C14H20INO2. The molecule has 0 aliphatic rings. The summed E-state index contributed by atoms with van der Waals surface area (Å²) in [5.41, 5.74) is 1.43. The number of nitrogens with zero attached hydrogens (tertiary/aromatic N) is 1. The summed E-state index contributed by atoms with van der Waals surface area (Å²) in [4.78, 5) is 4.39. The number of phenols is 1. The molecule has 0 fully saturated rings. The molecule has 3 nitrogen and oxygen atoms in total. The van der Waals surface area contributed by atoms with Crippen LogP contribution in [0.25, 0.3) is 0 Å². The highest BCUT2D eigenvalue weighted by atomic mass is 127. The molecule has 1 atom stereocenters. The molecule has 0 unspecified atom stereocenters. The summed E-state index contributed by atoms with van der Waals surface area (Å²) >= 11 is 2.21. The maximum Gasteiger partial charge on any atom is 0.127 e. The molecule has 18 heavy (non-hydrogen) atoms. The number of rotatable bonds is 3. The molecule has 0 heterocycles. The van der Waals surface area contributed by atoms with Crippen molar-refractivity contribution in [2.45, 2.75) is 33.7 Å². The molecule has 2 N–H and O–H groups in total. The average Bonchev–Trinajstić information content (AvgIpc) is 2.23. The highest BCUT2D eigenvalue weighted by molar-refractivity contribution is 14.1. The van der Waals surface area contributed by atoms with Gasteiger partial charge in [-0.25, -0.2) is 0 Å². The summed E-state index contributed by atoms with van der Waals surface area (Å²) in [6.45, 7) is 7.97. The second kappa shape index (κ2) is 6.02. The molecular weight excluding hydrogens is 341 g/mol. The standard InChI is InChI=1S/C14H20INO2/c1-9-5-11(15)6-10(13(9)18)7-16-12(8-17)14(2,3)4/h5-7,12,17-18H,8H2,1-4H3/t12-/m0/s1. The fourth-order valence-corrected chi connectivity index (χ4v) is 2.38. The van der Waals surface area contributed by atoms with Crippen LogP contribution in [0, 0.1) is 15.9 Å². The minimum absolute atomic E-state index is 0.00364. The predicted molar refractivity (Wildman–Crippen MR) is 83.5 cm³/mol. The van der Waals surface area contributed by atoms with E-state index in [0.29, 0.717) is 5.56 Å². The van der Waals surface area contributed by atoms with Crippen molar-refractivity contribution in [3.8, 4) is 5.75 Å². The Morgan fingerprint density at radius 3 is 2.50 bits per heavy atom. The van der Waals surface area contributed by atoms with Crippen LogP contribution < -0.4 is 0 Å². The van der Waals surface area contributed by atoms with Crippen LogP contribution in [0.3, 0.4) is 0 Å². The zero-order valence-corrected chi connectivity index (χ0v) is 13.4. The Morgan fingerprint density at radius 2 is 2.00 bits per heavy atom. The van der Waals surface area contributed by atoms with Gasteiger partial charge in [-0.15, -0.1) is 0 Å². The number of hydrogen-bond donors (Lipinski definition) is 2. The van der Waals surface area contributed by atoms with E-state index in [1.165, 1.54) is 0 Å². The Bertz CT molecular complexity index is 450. The Kier molecular flexibility index (Phi) is 5.16. The number of hydrogen-bond acceptors (Lipinski definition) is 3. The van der Waals surface area contributed by atoms with Gasteiger partial charge in [0.05, 0.1) is 12.6 Å². The topological polar surface area (TPSA) is 52.8 Å². The zero-order chi connectivity index (χ0) is 13.9. The average molecular weight is 361 g/mol. The van der Waals surface area contributed by atoms with E-state index in [2.05, 4.69) is 27.6 Å². The fraction of sp³-hybridized carbons (Fsp3) is 0.500. The van der Waals surface area contributed by atoms with Gasteiger partial charge in [0.1, 0.15) is 5.75 Å². The van der Waals surface area contributed by atoms with Crippen molar-refractivity contribution in [3.05, 3.63) is 26.8 Å². The maximum atomic E-state index is 9.95. The number of aliphatic imine (C=N–C) groups is 1. The van der Waals surface area contributed by atoms with Gasteiger partial charge in [0.2, 0.25) is 0 Å². The molecule has 1 rings (SSSR count). The molecule has 100 valence electrons. The van der Waals surface area contributed by atoms with Crippen LogP contribution in [0.4, 0.5) is 0 Å². The van der Waals surface area contributed by atoms with Gasteiger partial charge >= 0.3 is 0 Å². The molecule has 1 aromatic carbocycles. The first-order valence-corrected chi connectivity index (χ1v) is 6.96. The van der Waals surface area contributed by atoms with Gasteiger partial charge in [-0.3, -0.25) is 4.99 Å². The van der Waals surface area contributed by atoms with Gasteiger partial charge in [0.15, 0.2) is 0 Å². The summed E-state index contributed by atoms with van der Waals surface area (Å²) in [5, 5.41) is 19.3. The van der Waals surface area contributed by atoms with E-state index in [4.69, 9.17) is 0 Å². The fourth-order valence-electron chi connectivity index (χ4n) is 1.57. The quantitative estimate of drug-likeness (QED) is 0.642. The Labute approximate surface area is 122 Å². The van der Waals surface area contributed by atoms with Crippen molar-refractivity contribution < 1.29 is 10.2 Å². The Morgan fingerprint density at radius 1 is 1.39 bits per heavy atom. The number of halogens is 1. The molecule has 0 amide bonds. The first-order valence-electron chi connectivity index (χ1n) is 5.89. The van der Waals surface area contributed by atoms with Crippen LogP contribution in [-0.2, 0) is 0 Å². The summed E-state index contributed by atoms with van der Waals surface area (Å²) in [6, 6.07) is 3.62. The maximum absolute atomic E-state index is 9.95. The molecule has 0 saturated heterocycles. The molecule has 0 aromatic heterocycles. The molecule has 0 aliphatic carbocycles. The minimum Gasteiger partial charge on any atom is -0.507 e. The third kappa shape index (κ3) is 3.95. The largest absolute Gasteiger partial charge is 0.507 e. The summed E-state index contributed by atoms with van der Waals surface area (Å²) in [7, 11) is 0. The van der Waals surface area contributed by atoms with Crippen molar-refractivity contribution >= 4 is 28.8 Å². The number of phenolic OH excluding ortho intramolecular Hbond substituents is 1. The highest BCUT2D eigenvalue weighted by Crippen LogP contribution is 2.25. The zero-order valence-electron chi connectivity index (χ0n) is 11.2. The number of aryl methyl sites for hydroxylation is 1. The number of benzene rings is 1. The lowest BCUT2D eigenvalue weighted by molar-refractivity contribution is 0.191. The monoisotopic (exact) mass is 361 g/mol. The first-order chi connectivity index (χ1) is 8.25. The van der Waals surface area contributed by atoms with Crippen LogP contribution in [0.2, 0.25) is 0 Å². The normalized spacial score (nSPS) is 14.1. The van der Waals surface area contributed by atoms with E-state index < -0.39 is 0 Å². The minimum atomic E-state index is -0.171. The summed E-state index contributed by atoms with van der Waals surface area (Å²) in [6.07, 6.45) is 1.65. The number of aliphatic hydroxyl groups excluding tert-OH is 1. The molecule has 0 bridgehead atoms. The lowest BCUT2D eigenvalue weighted by Crippen LogP contribution is -2.28. The Hall–Kier alpha value is -0.620. The molecule has 0 radical (unpaired) electrons. The van der Waals surface area contributed by atoms with Crippen LogP contribution in [0.1, 0.15) is 31.9 Å². The van der Waals surface area contributed by atoms with Crippen LogP contribution in [-0.4, -0.2) is 29.1 Å². The highest BCUT2D eigenvalue weighted by Gasteiger charge is 2.22. The van der Waals surface area contributed by atoms with Crippen LogP contribution in [0.15, 0.2) is 17.1 Å². The first kappa shape index (κ1) is 15.4. The van der Waals surface area contributed by atoms with Gasteiger partial charge in [-0.1, -0.05) is 20.8 Å². The predicted octanol–water partition coefficient (Wildman–Crippen LogP) is 3.13. The lowest BCUT2D eigenvalue weighted by atomic mass is 9.88. The van der Waals surface area contributed by atoms with E-state index in [1.54, 1.807) is 6.21 Å². The third-order valence-electron chi connectivity index (χ3n) is 2.86. The van der Waals surface area contributed by atoms with Crippen molar-refractivity contribution in [2.24, 2.45) is 10.4 Å². The van der Waals surface area contributed by atoms with Gasteiger partial charge in [-0.2, -0.15) is 0 Å². The van der Waals surface area contributed by atoms with Crippen molar-refractivity contribution in [3.63, 3.8) is 0 Å². The van der Waals surface area contributed by atoms with Gasteiger partial charge in [-0.05, 0) is 52.6 Å². The van der Waals surface area contributed by atoms with E-state index >= 15 is 0 Å². The second-order valence-corrected chi connectivity index (χ2v) is 6.75. The smallest absolute Gasteiger partial charge is 0.127 e. The third-order valence-corrected chi connectivity index (χ3v) is 3.48. The van der Waals surface area contributed by atoms with E-state index in [1.807, 2.05) is 39.8 Å². The van der Waals surface area contributed by atoms with Crippen LogP contribution in [0.5, 0.6) is 5.75 Å². The molecule has 4 heteroatoms. The van der Waals surface area contributed by atoms with Crippen LogP contribution >= 0.6 is 22.6 Å². The molecule has 0 aliphatic heterocycles. The van der Waals surface area contributed by atoms with E-state index in [-0.39, 0.29) is 23.8 Å². The van der Waals surface area contributed by atoms with Crippen molar-refractivity contribution in [1.29, 1.82) is 0 Å². The Balaban J connectivity index is 3.04.